The van der Waals surface area contributed by atoms with Crippen molar-refractivity contribution in [1.29, 1.82) is 0 Å². The van der Waals surface area contributed by atoms with Crippen LogP contribution in [0.4, 0.5) is 0 Å². The Bertz CT molecular complexity index is 166. The van der Waals surface area contributed by atoms with Crippen LogP contribution in [-0.4, -0.2) is 10.2 Å². The minimum absolute atomic E-state index is 0.0394. The van der Waals surface area contributed by atoms with E-state index in [2.05, 4.69) is 13.2 Å². The highest BCUT2D eigenvalue weighted by atomic mass is 16.3. The van der Waals surface area contributed by atoms with E-state index in [0.717, 1.165) is 0 Å². The second kappa shape index (κ2) is 2.97. The van der Waals surface area contributed by atoms with Crippen LogP contribution < -0.4 is 0 Å². The summed E-state index contributed by atoms with van der Waals surface area (Å²) in [5, 5.41) is 17.5. The average molecular weight is 126 g/mol. The zero-order valence-corrected chi connectivity index (χ0v) is 5.39. The van der Waals surface area contributed by atoms with Crippen molar-refractivity contribution in [2.45, 2.75) is 6.92 Å². The van der Waals surface area contributed by atoms with Gasteiger partial charge in [0.25, 0.3) is 0 Å². The van der Waals surface area contributed by atoms with Gasteiger partial charge in [0.2, 0.25) is 0 Å². The molecule has 0 unspecified atom stereocenters. The molecule has 0 spiro atoms. The van der Waals surface area contributed by atoms with E-state index in [-0.39, 0.29) is 11.5 Å². The Labute approximate surface area is 54.4 Å². The molecule has 0 aliphatic heterocycles. The average Bonchev–Trinajstić information content (AvgIpc) is 1.84. The van der Waals surface area contributed by atoms with Crippen LogP contribution in [0.5, 0.6) is 0 Å². The van der Waals surface area contributed by atoms with Crippen molar-refractivity contribution in [3.8, 4) is 0 Å². The molecule has 0 amide bonds. The molecule has 0 rings (SSSR count). The van der Waals surface area contributed by atoms with E-state index >= 15 is 0 Å². The number of aliphatic hydroxyl groups excluding tert-OH is 2. The normalized spacial score (nSPS) is 12.1. The molecule has 0 heterocycles. The lowest BCUT2D eigenvalue weighted by Gasteiger charge is -1.97. The van der Waals surface area contributed by atoms with Crippen molar-refractivity contribution in [2.24, 2.45) is 0 Å². The summed E-state index contributed by atoms with van der Waals surface area (Å²) in [4.78, 5) is 0. The van der Waals surface area contributed by atoms with Crippen LogP contribution >= 0.6 is 0 Å². The molecule has 2 nitrogen and oxygen atoms in total. The Balaban J connectivity index is 4.47. The summed E-state index contributed by atoms with van der Waals surface area (Å²) in [5.41, 5.74) is 0.352. The molecule has 9 heavy (non-hydrogen) atoms. The predicted octanol–water partition coefficient (Wildman–Crippen LogP) is 2.08. The first-order chi connectivity index (χ1) is 4.09. The summed E-state index contributed by atoms with van der Waals surface area (Å²) in [7, 11) is 0. The smallest absolute Gasteiger partial charge is 0.121 e. The first kappa shape index (κ1) is 7.82. The van der Waals surface area contributed by atoms with Gasteiger partial charge in [-0.3, -0.25) is 0 Å². The number of hydrogen-bond donors (Lipinski definition) is 2. The Morgan fingerprint density at radius 3 is 2.00 bits per heavy atom. The van der Waals surface area contributed by atoms with E-state index in [4.69, 9.17) is 10.2 Å². The second-order valence-electron chi connectivity index (χ2n) is 1.66. The summed E-state index contributed by atoms with van der Waals surface area (Å²) in [6.45, 7) is 8.07. The van der Waals surface area contributed by atoms with Crippen molar-refractivity contribution in [3.63, 3.8) is 0 Å². The molecule has 50 valence electrons. The van der Waals surface area contributed by atoms with E-state index in [0.29, 0.717) is 5.57 Å². The lowest BCUT2D eigenvalue weighted by molar-refractivity contribution is 0.394. The van der Waals surface area contributed by atoms with Crippen molar-refractivity contribution in [1.82, 2.24) is 0 Å². The lowest BCUT2D eigenvalue weighted by atomic mass is 10.2. The van der Waals surface area contributed by atoms with Gasteiger partial charge in [0.05, 0.1) is 0 Å². The van der Waals surface area contributed by atoms with Gasteiger partial charge in [-0.05, 0) is 13.0 Å². The molecule has 0 aromatic carbocycles. The molecule has 0 radical (unpaired) electrons. The van der Waals surface area contributed by atoms with Crippen LogP contribution in [0.2, 0.25) is 0 Å². The molecule has 0 saturated heterocycles. The maximum atomic E-state index is 8.84. The molecule has 0 saturated carbocycles. The molecule has 0 aromatic rings. The largest absolute Gasteiger partial charge is 0.508 e. The quantitative estimate of drug-likeness (QED) is 0.439. The lowest BCUT2D eigenvalue weighted by Crippen LogP contribution is -1.85. The van der Waals surface area contributed by atoms with Gasteiger partial charge in [0, 0.05) is 5.57 Å². The van der Waals surface area contributed by atoms with Gasteiger partial charge in [-0.25, -0.2) is 0 Å². The SMILES string of the molecule is C=C/C(O)=C(/C)C(=C)O. The van der Waals surface area contributed by atoms with Gasteiger partial charge in [-0.2, -0.15) is 0 Å². The van der Waals surface area contributed by atoms with E-state index in [1.54, 1.807) is 6.92 Å². The van der Waals surface area contributed by atoms with Crippen molar-refractivity contribution in [3.05, 3.63) is 36.3 Å². The van der Waals surface area contributed by atoms with Crippen LogP contribution in [0, 0.1) is 0 Å². The fraction of sp³-hybridized carbons (Fsp3) is 0.143. The number of hydrogen-bond acceptors (Lipinski definition) is 2. The first-order valence-corrected chi connectivity index (χ1v) is 2.50. The molecular weight excluding hydrogens is 116 g/mol. The van der Waals surface area contributed by atoms with E-state index in [1.807, 2.05) is 0 Å². The van der Waals surface area contributed by atoms with Crippen LogP contribution in [0.1, 0.15) is 6.92 Å². The predicted molar refractivity (Wildman–Crippen MR) is 37.3 cm³/mol. The fourth-order valence-electron chi connectivity index (χ4n) is 0.301. The second-order valence-corrected chi connectivity index (χ2v) is 1.66. The molecule has 0 fully saturated rings. The van der Waals surface area contributed by atoms with Gasteiger partial charge in [-0.15, -0.1) is 0 Å². The molecule has 0 aromatic heterocycles. The van der Waals surface area contributed by atoms with Gasteiger partial charge in [0.1, 0.15) is 11.5 Å². The van der Waals surface area contributed by atoms with Crippen LogP contribution in [-0.2, 0) is 0 Å². The monoisotopic (exact) mass is 126 g/mol. The third-order valence-corrected chi connectivity index (χ3v) is 1.01. The van der Waals surface area contributed by atoms with Crippen LogP contribution in [0.15, 0.2) is 36.3 Å². The first-order valence-electron chi connectivity index (χ1n) is 2.50. The van der Waals surface area contributed by atoms with E-state index < -0.39 is 0 Å². The topological polar surface area (TPSA) is 40.5 Å². The third-order valence-electron chi connectivity index (χ3n) is 1.01. The fourth-order valence-corrected chi connectivity index (χ4v) is 0.301. The highest BCUT2D eigenvalue weighted by Gasteiger charge is 1.96. The zero-order valence-electron chi connectivity index (χ0n) is 5.39. The van der Waals surface area contributed by atoms with Crippen molar-refractivity contribution >= 4 is 0 Å². The summed E-state index contributed by atoms with van der Waals surface area (Å²) in [6, 6.07) is 0. The number of rotatable bonds is 2. The zero-order chi connectivity index (χ0) is 7.44. The highest BCUT2D eigenvalue weighted by molar-refractivity contribution is 5.27. The van der Waals surface area contributed by atoms with Gasteiger partial charge >= 0.3 is 0 Å². The van der Waals surface area contributed by atoms with Crippen molar-refractivity contribution < 1.29 is 10.2 Å². The summed E-state index contributed by atoms with van der Waals surface area (Å²) >= 11 is 0. The highest BCUT2D eigenvalue weighted by Crippen LogP contribution is 2.07. The van der Waals surface area contributed by atoms with Gasteiger partial charge in [0.15, 0.2) is 0 Å². The maximum absolute atomic E-state index is 8.84. The van der Waals surface area contributed by atoms with Gasteiger partial charge < -0.3 is 10.2 Å². The maximum Gasteiger partial charge on any atom is 0.121 e. The summed E-state index contributed by atoms with van der Waals surface area (Å²) in [5.74, 6) is -0.171. The number of aliphatic hydroxyl groups is 2. The van der Waals surface area contributed by atoms with Crippen LogP contribution in [0.3, 0.4) is 0 Å². The molecule has 2 heteroatoms. The molecular formula is C7H10O2. The Morgan fingerprint density at radius 1 is 1.44 bits per heavy atom. The Kier molecular flexibility index (Phi) is 2.58. The molecule has 0 atom stereocenters. The summed E-state index contributed by atoms with van der Waals surface area (Å²) in [6.07, 6.45) is 1.25. The molecule has 0 aliphatic rings. The van der Waals surface area contributed by atoms with E-state index in [1.165, 1.54) is 6.08 Å². The Morgan fingerprint density at radius 2 is 1.89 bits per heavy atom. The van der Waals surface area contributed by atoms with E-state index in [9.17, 15) is 0 Å². The minimum Gasteiger partial charge on any atom is -0.508 e. The van der Waals surface area contributed by atoms with Crippen LogP contribution in [0.25, 0.3) is 0 Å². The Hall–Kier alpha value is -1.18. The molecule has 2 N–H and O–H groups in total. The molecule has 0 bridgehead atoms. The number of allylic oxidation sites excluding steroid dienone is 2. The van der Waals surface area contributed by atoms with Crippen molar-refractivity contribution in [2.75, 3.05) is 0 Å². The summed E-state index contributed by atoms with van der Waals surface area (Å²) < 4.78 is 0. The minimum atomic E-state index is -0.132. The molecule has 0 aliphatic carbocycles. The third kappa shape index (κ3) is 2.04. The standard InChI is InChI=1S/C7H10O2/c1-4-7(9)5(2)6(3)8/h4,8-9H,1,3H2,2H3/b7-5+. The van der Waals surface area contributed by atoms with Gasteiger partial charge in [-0.1, -0.05) is 13.2 Å².